The summed E-state index contributed by atoms with van der Waals surface area (Å²) in [6.45, 7) is 6.51. The maximum Gasteiger partial charge on any atom is 0.0964 e. The van der Waals surface area contributed by atoms with Gasteiger partial charge in [0.05, 0.1) is 11.1 Å². The Balaban J connectivity index is 1.74. The number of aliphatic hydroxyl groups is 1. The summed E-state index contributed by atoms with van der Waals surface area (Å²) in [5.74, 6) is 0. The zero-order chi connectivity index (χ0) is 18.9. The molecule has 0 saturated heterocycles. The molecule has 3 aromatic rings. The van der Waals surface area contributed by atoms with Crippen LogP contribution in [0.15, 0.2) is 54.9 Å². The van der Waals surface area contributed by atoms with E-state index in [0.29, 0.717) is 0 Å². The van der Waals surface area contributed by atoms with E-state index in [0.717, 1.165) is 30.3 Å². The van der Waals surface area contributed by atoms with Gasteiger partial charge in [-0.1, -0.05) is 31.2 Å². The Labute approximate surface area is 160 Å². The molecule has 5 rings (SSSR count). The van der Waals surface area contributed by atoms with Crippen LogP contribution in [0.1, 0.15) is 45.6 Å². The number of hydrogen-bond donors (Lipinski definition) is 2. The molecule has 0 bridgehead atoms. The van der Waals surface area contributed by atoms with Crippen LogP contribution in [0, 0.1) is 0 Å². The van der Waals surface area contributed by atoms with Crippen LogP contribution < -0.4 is 5.32 Å². The number of nitrogens with one attached hydrogen (secondary N) is 1. The number of anilines is 1. The van der Waals surface area contributed by atoms with E-state index in [4.69, 9.17) is 0 Å². The van der Waals surface area contributed by atoms with Gasteiger partial charge in [-0.2, -0.15) is 0 Å². The number of fused-ring (bicyclic) bond motifs is 4. The van der Waals surface area contributed by atoms with Crippen LogP contribution in [0.2, 0.25) is 0 Å². The number of hydrogen-bond acceptors (Lipinski definition) is 3. The largest absolute Gasteiger partial charge is 0.387 e. The smallest absolute Gasteiger partial charge is 0.0964 e. The second kappa shape index (κ2) is 5.32. The van der Waals surface area contributed by atoms with Gasteiger partial charge in [0.1, 0.15) is 0 Å². The number of benzene rings is 2. The molecule has 0 spiro atoms. The summed E-state index contributed by atoms with van der Waals surface area (Å²) in [6, 6.07) is 15.1. The van der Waals surface area contributed by atoms with E-state index in [1.165, 1.54) is 22.1 Å². The van der Waals surface area contributed by atoms with Crippen molar-refractivity contribution < 1.29 is 5.11 Å². The van der Waals surface area contributed by atoms with Crippen molar-refractivity contribution in [1.29, 1.82) is 0 Å². The minimum Gasteiger partial charge on any atom is -0.387 e. The Morgan fingerprint density at radius 1 is 1.04 bits per heavy atom. The predicted octanol–water partition coefficient (Wildman–Crippen LogP) is 5.28. The Morgan fingerprint density at radius 3 is 2.74 bits per heavy atom. The lowest BCUT2D eigenvalue weighted by atomic mass is 9.60. The maximum absolute atomic E-state index is 11.7. The highest BCUT2D eigenvalue weighted by atomic mass is 16.3. The molecule has 0 radical (unpaired) electrons. The van der Waals surface area contributed by atoms with Gasteiger partial charge in [-0.3, -0.25) is 4.98 Å². The lowest BCUT2D eigenvalue weighted by Crippen LogP contribution is -2.65. The SMILES string of the molecule is CC1(C)Nc2ccc(-c3cccc4cnccc34)cc2C2(C)CCCC12O. The summed E-state index contributed by atoms with van der Waals surface area (Å²) in [5.41, 5.74) is 3.48. The van der Waals surface area contributed by atoms with Gasteiger partial charge in [-0.15, -0.1) is 0 Å². The fraction of sp³-hybridized carbons (Fsp3) is 0.375. The van der Waals surface area contributed by atoms with Gasteiger partial charge < -0.3 is 10.4 Å². The molecule has 1 aliphatic carbocycles. The Kier molecular flexibility index (Phi) is 3.31. The number of rotatable bonds is 1. The monoisotopic (exact) mass is 358 g/mol. The molecule has 0 amide bonds. The lowest BCUT2D eigenvalue weighted by Gasteiger charge is -2.55. The summed E-state index contributed by atoms with van der Waals surface area (Å²) >= 11 is 0. The normalized spacial score (nSPS) is 28.4. The first-order valence-electron chi connectivity index (χ1n) is 9.84. The second-order valence-electron chi connectivity index (χ2n) is 8.96. The first kappa shape index (κ1) is 16.8. The van der Waals surface area contributed by atoms with E-state index in [1.807, 2.05) is 12.4 Å². The quantitative estimate of drug-likeness (QED) is 0.622. The van der Waals surface area contributed by atoms with Crippen molar-refractivity contribution in [2.24, 2.45) is 0 Å². The standard InChI is InChI=1S/C24H26N2O/c1-22(2)24(27)12-5-11-23(24,3)20-14-16(8-9-21(20)26-22)18-7-4-6-17-15-25-13-10-19(17)18/h4,6-10,13-15,26-27H,5,11-12H2,1-3H3. The predicted molar refractivity (Wildman–Crippen MR) is 111 cm³/mol. The van der Waals surface area contributed by atoms with E-state index >= 15 is 0 Å². The Morgan fingerprint density at radius 2 is 1.89 bits per heavy atom. The lowest BCUT2D eigenvalue weighted by molar-refractivity contribution is -0.0628. The highest BCUT2D eigenvalue weighted by molar-refractivity contribution is 5.96. The number of nitrogens with zero attached hydrogens (tertiary/aromatic N) is 1. The van der Waals surface area contributed by atoms with Crippen LogP contribution in [0.3, 0.4) is 0 Å². The van der Waals surface area contributed by atoms with Crippen molar-refractivity contribution in [3.05, 3.63) is 60.4 Å². The molecule has 3 nitrogen and oxygen atoms in total. The molecular weight excluding hydrogens is 332 g/mol. The van der Waals surface area contributed by atoms with Crippen molar-refractivity contribution in [1.82, 2.24) is 4.98 Å². The fourth-order valence-electron chi connectivity index (χ4n) is 5.63. The summed E-state index contributed by atoms with van der Waals surface area (Å²) in [7, 11) is 0. The van der Waals surface area contributed by atoms with E-state index < -0.39 is 5.60 Å². The van der Waals surface area contributed by atoms with Crippen LogP contribution in [0.25, 0.3) is 21.9 Å². The van der Waals surface area contributed by atoms with E-state index in [9.17, 15) is 5.11 Å². The van der Waals surface area contributed by atoms with Crippen LogP contribution in [0.5, 0.6) is 0 Å². The molecule has 2 N–H and O–H groups in total. The molecule has 1 aromatic heterocycles. The highest BCUT2D eigenvalue weighted by Crippen LogP contribution is 2.58. The molecule has 2 atom stereocenters. The van der Waals surface area contributed by atoms with Crippen LogP contribution in [0.4, 0.5) is 5.69 Å². The van der Waals surface area contributed by atoms with E-state index in [1.54, 1.807) is 0 Å². The van der Waals surface area contributed by atoms with Gasteiger partial charge in [0.25, 0.3) is 0 Å². The zero-order valence-electron chi connectivity index (χ0n) is 16.2. The molecule has 2 aromatic carbocycles. The molecule has 1 aliphatic heterocycles. The van der Waals surface area contributed by atoms with Crippen molar-refractivity contribution in [2.45, 2.75) is 56.6 Å². The van der Waals surface area contributed by atoms with Crippen molar-refractivity contribution in [2.75, 3.05) is 5.32 Å². The van der Waals surface area contributed by atoms with E-state index in [-0.39, 0.29) is 11.0 Å². The third-order valence-corrected chi connectivity index (χ3v) is 7.22. The summed E-state index contributed by atoms with van der Waals surface area (Å²) in [4.78, 5) is 4.25. The molecular formula is C24H26N2O. The summed E-state index contributed by atoms with van der Waals surface area (Å²) in [5, 5.41) is 17.7. The fourth-order valence-corrected chi connectivity index (χ4v) is 5.63. The topological polar surface area (TPSA) is 45.2 Å². The first-order valence-corrected chi connectivity index (χ1v) is 9.84. The maximum atomic E-state index is 11.7. The van der Waals surface area contributed by atoms with Gasteiger partial charge >= 0.3 is 0 Å². The molecule has 1 fully saturated rings. The summed E-state index contributed by atoms with van der Waals surface area (Å²) in [6.07, 6.45) is 6.68. The van der Waals surface area contributed by atoms with Gasteiger partial charge in [-0.05, 0) is 73.4 Å². The molecule has 2 unspecified atom stereocenters. The Bertz CT molecular complexity index is 1050. The first-order chi connectivity index (χ1) is 12.9. The van der Waals surface area contributed by atoms with Gasteiger partial charge in [0, 0.05) is 28.9 Å². The molecule has 138 valence electrons. The van der Waals surface area contributed by atoms with Gasteiger partial charge in [0.15, 0.2) is 0 Å². The minimum absolute atomic E-state index is 0.237. The van der Waals surface area contributed by atoms with E-state index in [2.05, 4.69) is 73.5 Å². The third kappa shape index (κ3) is 2.09. The van der Waals surface area contributed by atoms with Crippen molar-refractivity contribution in [3.63, 3.8) is 0 Å². The van der Waals surface area contributed by atoms with Gasteiger partial charge in [0.2, 0.25) is 0 Å². The van der Waals surface area contributed by atoms with Crippen LogP contribution in [-0.4, -0.2) is 21.2 Å². The van der Waals surface area contributed by atoms with Crippen LogP contribution >= 0.6 is 0 Å². The molecule has 2 heterocycles. The summed E-state index contributed by atoms with van der Waals surface area (Å²) < 4.78 is 0. The zero-order valence-corrected chi connectivity index (χ0v) is 16.2. The van der Waals surface area contributed by atoms with Crippen molar-refractivity contribution >= 4 is 16.5 Å². The van der Waals surface area contributed by atoms with Gasteiger partial charge in [-0.25, -0.2) is 0 Å². The molecule has 2 aliphatic rings. The van der Waals surface area contributed by atoms with Crippen molar-refractivity contribution in [3.8, 4) is 11.1 Å². The number of aromatic nitrogens is 1. The third-order valence-electron chi connectivity index (χ3n) is 7.22. The van der Waals surface area contributed by atoms with Crippen LogP contribution in [-0.2, 0) is 5.41 Å². The number of pyridine rings is 1. The Hall–Kier alpha value is -2.39. The molecule has 27 heavy (non-hydrogen) atoms. The molecule has 1 saturated carbocycles. The second-order valence-corrected chi connectivity index (χ2v) is 8.96. The highest BCUT2D eigenvalue weighted by Gasteiger charge is 2.62. The minimum atomic E-state index is -0.742. The average Bonchev–Trinajstić information content (AvgIpc) is 2.99. The molecule has 3 heteroatoms. The average molecular weight is 358 g/mol.